The first-order valence-electron chi connectivity index (χ1n) is 6.84. The minimum atomic E-state index is 1.16. The third-order valence-corrected chi connectivity index (χ3v) is 3.98. The van der Waals surface area contributed by atoms with Gasteiger partial charge in [-0.3, -0.25) is 0 Å². The Kier molecular flexibility index (Phi) is 2.34. The van der Waals surface area contributed by atoms with Gasteiger partial charge in [0.05, 0.1) is 0 Å². The zero-order chi connectivity index (χ0) is 12.7. The highest BCUT2D eigenvalue weighted by Crippen LogP contribution is 2.29. The van der Waals surface area contributed by atoms with Crippen molar-refractivity contribution >= 4 is 22.1 Å². The van der Waals surface area contributed by atoms with Crippen molar-refractivity contribution in [1.29, 1.82) is 0 Å². The van der Waals surface area contributed by atoms with Crippen LogP contribution < -0.4 is 5.32 Å². The van der Waals surface area contributed by atoms with Crippen LogP contribution >= 0.6 is 0 Å². The van der Waals surface area contributed by atoms with E-state index in [0.717, 1.165) is 5.69 Å². The Hall–Kier alpha value is -2.22. The molecule has 19 heavy (non-hydrogen) atoms. The Morgan fingerprint density at radius 1 is 0.947 bits per heavy atom. The predicted octanol–water partition coefficient (Wildman–Crippen LogP) is 4.40. The van der Waals surface area contributed by atoms with Crippen molar-refractivity contribution in [1.82, 2.24) is 4.98 Å². The van der Waals surface area contributed by atoms with E-state index in [1.165, 1.54) is 46.8 Å². The molecule has 0 aliphatic heterocycles. The van der Waals surface area contributed by atoms with Gasteiger partial charge in [-0.2, -0.15) is 0 Å². The number of H-pyrrole nitrogens is 1. The SMILES string of the molecule is c1cc(Nc2ccc3c(c2)CCC3)c2c[nH]cc2c1. The number of hydrogen-bond acceptors (Lipinski definition) is 1. The lowest BCUT2D eigenvalue weighted by atomic mass is 10.1. The molecule has 0 saturated heterocycles. The lowest BCUT2D eigenvalue weighted by Gasteiger charge is -2.09. The second-order valence-electron chi connectivity index (χ2n) is 5.23. The fraction of sp³-hybridized carbons (Fsp3) is 0.176. The van der Waals surface area contributed by atoms with E-state index >= 15 is 0 Å². The molecule has 1 heterocycles. The van der Waals surface area contributed by atoms with Gasteiger partial charge in [0.2, 0.25) is 0 Å². The van der Waals surface area contributed by atoms with Crippen LogP contribution in [0, 0.1) is 0 Å². The summed E-state index contributed by atoms with van der Waals surface area (Å²) < 4.78 is 0. The van der Waals surface area contributed by atoms with Crippen LogP contribution in [0.15, 0.2) is 48.8 Å². The normalized spacial score (nSPS) is 13.7. The van der Waals surface area contributed by atoms with Crippen LogP contribution in [0.4, 0.5) is 11.4 Å². The number of aromatic amines is 1. The van der Waals surface area contributed by atoms with Gasteiger partial charge in [-0.1, -0.05) is 18.2 Å². The number of benzene rings is 2. The molecule has 3 aromatic rings. The van der Waals surface area contributed by atoms with E-state index < -0.39 is 0 Å². The van der Waals surface area contributed by atoms with Gasteiger partial charge >= 0.3 is 0 Å². The zero-order valence-electron chi connectivity index (χ0n) is 10.7. The Bertz CT molecular complexity index is 740. The number of aromatic nitrogens is 1. The van der Waals surface area contributed by atoms with Crippen molar-refractivity contribution in [3.63, 3.8) is 0 Å². The van der Waals surface area contributed by atoms with Crippen molar-refractivity contribution < 1.29 is 0 Å². The number of fused-ring (bicyclic) bond motifs is 2. The van der Waals surface area contributed by atoms with Crippen molar-refractivity contribution in [3.05, 3.63) is 59.9 Å². The van der Waals surface area contributed by atoms with Crippen LogP contribution in [0.2, 0.25) is 0 Å². The third kappa shape index (κ3) is 1.80. The number of hydrogen-bond donors (Lipinski definition) is 2. The van der Waals surface area contributed by atoms with Crippen LogP contribution in [0.1, 0.15) is 17.5 Å². The van der Waals surface area contributed by atoms with E-state index in [-0.39, 0.29) is 0 Å². The zero-order valence-corrected chi connectivity index (χ0v) is 10.7. The fourth-order valence-electron chi connectivity index (χ4n) is 3.00. The molecule has 4 rings (SSSR count). The maximum absolute atomic E-state index is 3.54. The summed E-state index contributed by atoms with van der Waals surface area (Å²) in [4.78, 5) is 3.17. The van der Waals surface area contributed by atoms with E-state index in [9.17, 15) is 0 Å². The van der Waals surface area contributed by atoms with E-state index in [0.29, 0.717) is 0 Å². The Morgan fingerprint density at radius 2 is 1.89 bits per heavy atom. The summed E-state index contributed by atoms with van der Waals surface area (Å²) in [7, 11) is 0. The van der Waals surface area contributed by atoms with Gasteiger partial charge in [-0.25, -0.2) is 0 Å². The number of anilines is 2. The molecule has 1 aliphatic carbocycles. The van der Waals surface area contributed by atoms with E-state index in [4.69, 9.17) is 0 Å². The molecule has 0 amide bonds. The summed E-state index contributed by atoms with van der Waals surface area (Å²) in [6.07, 6.45) is 7.84. The first-order valence-corrected chi connectivity index (χ1v) is 6.84. The minimum absolute atomic E-state index is 1.16. The van der Waals surface area contributed by atoms with Crippen LogP contribution in [0.3, 0.4) is 0 Å². The smallest absolute Gasteiger partial charge is 0.0479 e. The molecular weight excluding hydrogens is 232 g/mol. The van der Waals surface area contributed by atoms with Gasteiger partial charge in [0.15, 0.2) is 0 Å². The summed E-state index contributed by atoms with van der Waals surface area (Å²) in [5, 5.41) is 6.02. The molecule has 2 nitrogen and oxygen atoms in total. The molecule has 0 atom stereocenters. The van der Waals surface area contributed by atoms with Gasteiger partial charge in [0, 0.05) is 34.5 Å². The summed E-state index contributed by atoms with van der Waals surface area (Å²) in [6, 6.07) is 13.1. The standard InChI is InChI=1S/C17H16N2/c1-3-12-7-8-15(9-13(12)4-1)19-17-6-2-5-14-10-18-11-16(14)17/h2,5-11,18-19H,1,3-4H2. The molecule has 1 aromatic heterocycles. The summed E-state index contributed by atoms with van der Waals surface area (Å²) in [5.41, 5.74) is 5.38. The average Bonchev–Trinajstić information content (AvgIpc) is 3.06. The number of aryl methyl sites for hydroxylation is 2. The highest BCUT2D eigenvalue weighted by Gasteiger charge is 2.11. The summed E-state index contributed by atoms with van der Waals surface area (Å²) >= 11 is 0. The van der Waals surface area contributed by atoms with Crippen LogP contribution in [-0.2, 0) is 12.8 Å². The second kappa shape index (κ2) is 4.16. The lowest BCUT2D eigenvalue weighted by molar-refractivity contribution is 0.912. The molecule has 1 aliphatic rings. The lowest BCUT2D eigenvalue weighted by Crippen LogP contribution is -1.92. The van der Waals surface area contributed by atoms with Crippen molar-refractivity contribution in [2.45, 2.75) is 19.3 Å². The highest BCUT2D eigenvalue weighted by atomic mass is 14.9. The molecule has 0 saturated carbocycles. The van der Waals surface area contributed by atoms with E-state index in [2.05, 4.69) is 46.7 Å². The van der Waals surface area contributed by atoms with E-state index in [1.807, 2.05) is 12.4 Å². The van der Waals surface area contributed by atoms with Gasteiger partial charge in [0.1, 0.15) is 0 Å². The molecule has 2 aromatic carbocycles. The highest BCUT2D eigenvalue weighted by molar-refractivity contribution is 5.95. The quantitative estimate of drug-likeness (QED) is 0.691. The first-order chi connectivity index (χ1) is 9.40. The van der Waals surface area contributed by atoms with Crippen LogP contribution in [0.25, 0.3) is 10.8 Å². The Morgan fingerprint density at radius 3 is 2.89 bits per heavy atom. The van der Waals surface area contributed by atoms with E-state index in [1.54, 1.807) is 0 Å². The van der Waals surface area contributed by atoms with Crippen molar-refractivity contribution in [2.24, 2.45) is 0 Å². The van der Waals surface area contributed by atoms with Crippen molar-refractivity contribution in [3.8, 4) is 0 Å². The third-order valence-electron chi connectivity index (χ3n) is 3.98. The molecule has 2 heteroatoms. The Labute approximate surface area is 112 Å². The largest absolute Gasteiger partial charge is 0.366 e. The summed E-state index contributed by atoms with van der Waals surface area (Å²) in [5.74, 6) is 0. The van der Waals surface area contributed by atoms with Crippen molar-refractivity contribution in [2.75, 3.05) is 5.32 Å². The predicted molar refractivity (Wildman–Crippen MR) is 80.0 cm³/mol. The van der Waals surface area contributed by atoms with Gasteiger partial charge in [0.25, 0.3) is 0 Å². The second-order valence-corrected chi connectivity index (χ2v) is 5.23. The molecule has 0 fully saturated rings. The molecule has 2 N–H and O–H groups in total. The minimum Gasteiger partial charge on any atom is -0.366 e. The number of rotatable bonds is 2. The van der Waals surface area contributed by atoms with Gasteiger partial charge < -0.3 is 10.3 Å². The first kappa shape index (κ1) is 10.7. The molecular formula is C17H16N2. The maximum Gasteiger partial charge on any atom is 0.0479 e. The van der Waals surface area contributed by atoms with Gasteiger partial charge in [-0.15, -0.1) is 0 Å². The summed E-state index contributed by atoms with van der Waals surface area (Å²) in [6.45, 7) is 0. The van der Waals surface area contributed by atoms with Crippen LogP contribution in [0.5, 0.6) is 0 Å². The maximum atomic E-state index is 3.54. The topological polar surface area (TPSA) is 27.8 Å². The molecule has 94 valence electrons. The Balaban J connectivity index is 1.73. The number of nitrogens with one attached hydrogen (secondary N) is 2. The molecule has 0 bridgehead atoms. The molecule has 0 spiro atoms. The molecule has 0 unspecified atom stereocenters. The van der Waals surface area contributed by atoms with Crippen LogP contribution in [-0.4, -0.2) is 4.98 Å². The monoisotopic (exact) mass is 248 g/mol. The average molecular weight is 248 g/mol. The van der Waals surface area contributed by atoms with Gasteiger partial charge in [-0.05, 0) is 48.6 Å². The molecule has 0 radical (unpaired) electrons. The fourth-order valence-corrected chi connectivity index (χ4v) is 3.00.